The second kappa shape index (κ2) is 4.68. The van der Waals surface area contributed by atoms with Crippen molar-refractivity contribution in [1.29, 1.82) is 0 Å². The maximum atomic E-state index is 11.6. The second-order valence-electron chi connectivity index (χ2n) is 6.87. The van der Waals surface area contributed by atoms with Gasteiger partial charge in [-0.25, -0.2) is 9.78 Å². The van der Waals surface area contributed by atoms with Crippen LogP contribution in [0.2, 0.25) is 0 Å². The van der Waals surface area contributed by atoms with Gasteiger partial charge in [0, 0.05) is 30.3 Å². The van der Waals surface area contributed by atoms with E-state index < -0.39 is 5.97 Å². The largest absolute Gasteiger partial charge is 0.478 e. The van der Waals surface area contributed by atoms with Gasteiger partial charge in [-0.05, 0) is 25.0 Å². The van der Waals surface area contributed by atoms with Gasteiger partial charge >= 0.3 is 5.97 Å². The van der Waals surface area contributed by atoms with Crippen LogP contribution in [-0.2, 0) is 4.74 Å². The summed E-state index contributed by atoms with van der Waals surface area (Å²) in [6, 6.07) is 9.19. The summed E-state index contributed by atoms with van der Waals surface area (Å²) in [7, 11) is 0. The number of para-hydroxylation sites is 1. The zero-order chi connectivity index (χ0) is 15.6. The Balaban J connectivity index is 1.55. The average molecular weight is 310 g/mol. The highest BCUT2D eigenvalue weighted by atomic mass is 16.5. The van der Waals surface area contributed by atoms with Crippen LogP contribution in [-0.4, -0.2) is 41.4 Å². The molecule has 5 nitrogen and oxygen atoms in total. The van der Waals surface area contributed by atoms with E-state index >= 15 is 0 Å². The number of benzene rings is 1. The summed E-state index contributed by atoms with van der Waals surface area (Å²) in [4.78, 5) is 18.6. The average Bonchev–Trinajstić information content (AvgIpc) is 3.26. The number of anilines is 1. The van der Waals surface area contributed by atoms with Gasteiger partial charge in [0.05, 0.1) is 23.3 Å². The predicted octanol–water partition coefficient (Wildman–Crippen LogP) is 2.55. The molecule has 118 valence electrons. The van der Waals surface area contributed by atoms with Gasteiger partial charge in [0.25, 0.3) is 0 Å². The second-order valence-corrected chi connectivity index (χ2v) is 6.87. The standard InChI is InChI=1S/C18H18N2O3/c21-18(22)11-7-17(19-14-4-2-1-3-10(11)14)20-8-12-13(9-20)16-6-5-15(12)23-16/h1-4,7,12-13,15-16H,5-6,8-9H2,(H,21,22)/t12-,13+,15+,16-. The van der Waals surface area contributed by atoms with Gasteiger partial charge in [-0.1, -0.05) is 18.2 Å². The third-order valence-corrected chi connectivity index (χ3v) is 5.71. The number of carbonyl (C=O) groups is 1. The number of carboxylic acid groups (broad SMARTS) is 1. The lowest BCUT2D eigenvalue weighted by atomic mass is 9.82. The summed E-state index contributed by atoms with van der Waals surface area (Å²) in [5.41, 5.74) is 1.08. The fourth-order valence-electron chi connectivity index (χ4n) is 4.65. The van der Waals surface area contributed by atoms with Crippen LogP contribution in [0.25, 0.3) is 10.9 Å². The highest BCUT2D eigenvalue weighted by Crippen LogP contribution is 2.47. The van der Waals surface area contributed by atoms with Crippen molar-refractivity contribution in [1.82, 2.24) is 4.98 Å². The zero-order valence-electron chi connectivity index (χ0n) is 12.7. The number of hydrogen-bond donors (Lipinski definition) is 1. The summed E-state index contributed by atoms with van der Waals surface area (Å²) in [6.07, 6.45) is 3.14. The van der Waals surface area contributed by atoms with Crippen molar-refractivity contribution < 1.29 is 14.6 Å². The van der Waals surface area contributed by atoms with Crippen molar-refractivity contribution in [3.8, 4) is 0 Å². The topological polar surface area (TPSA) is 62.7 Å². The number of fused-ring (bicyclic) bond motifs is 6. The van der Waals surface area contributed by atoms with Crippen LogP contribution in [0.3, 0.4) is 0 Å². The first-order chi connectivity index (χ1) is 11.2. The van der Waals surface area contributed by atoms with E-state index in [1.54, 1.807) is 6.07 Å². The van der Waals surface area contributed by atoms with E-state index in [2.05, 4.69) is 4.90 Å². The Hall–Kier alpha value is -2.14. The van der Waals surface area contributed by atoms with E-state index in [-0.39, 0.29) is 0 Å². The molecule has 0 unspecified atom stereocenters. The Kier molecular flexibility index (Phi) is 2.71. The van der Waals surface area contributed by atoms with Crippen LogP contribution >= 0.6 is 0 Å². The van der Waals surface area contributed by atoms with Crippen molar-refractivity contribution in [2.75, 3.05) is 18.0 Å². The first-order valence-electron chi connectivity index (χ1n) is 8.24. The molecular weight excluding hydrogens is 292 g/mol. The summed E-state index contributed by atoms with van der Waals surface area (Å²) in [5.74, 6) is 1.05. The molecule has 0 radical (unpaired) electrons. The molecule has 3 aliphatic rings. The van der Waals surface area contributed by atoms with Gasteiger partial charge in [0.15, 0.2) is 0 Å². The molecule has 3 saturated heterocycles. The lowest BCUT2D eigenvalue weighted by Gasteiger charge is -2.21. The molecular formula is C18H18N2O3. The van der Waals surface area contributed by atoms with Crippen LogP contribution in [0.5, 0.6) is 0 Å². The van der Waals surface area contributed by atoms with Crippen molar-refractivity contribution in [2.45, 2.75) is 25.0 Å². The molecule has 1 N–H and O–H groups in total. The van der Waals surface area contributed by atoms with Crippen molar-refractivity contribution in [3.05, 3.63) is 35.9 Å². The minimum absolute atomic E-state index is 0.335. The molecule has 0 amide bonds. The molecule has 2 bridgehead atoms. The highest BCUT2D eigenvalue weighted by Gasteiger charge is 2.53. The smallest absolute Gasteiger partial charge is 0.336 e. The molecule has 1 aromatic carbocycles. The number of aromatic nitrogens is 1. The molecule has 4 atom stereocenters. The van der Waals surface area contributed by atoms with Gasteiger partial charge in [-0.2, -0.15) is 0 Å². The first-order valence-corrected chi connectivity index (χ1v) is 8.24. The molecule has 4 heterocycles. The van der Waals surface area contributed by atoms with Crippen LogP contribution < -0.4 is 4.90 Å². The van der Waals surface area contributed by atoms with Gasteiger partial charge in [-0.3, -0.25) is 0 Å². The van der Waals surface area contributed by atoms with Gasteiger partial charge in [0.2, 0.25) is 0 Å². The van der Waals surface area contributed by atoms with E-state index in [4.69, 9.17) is 9.72 Å². The first kappa shape index (κ1) is 13.3. The number of hydrogen-bond acceptors (Lipinski definition) is 4. The predicted molar refractivity (Wildman–Crippen MR) is 85.8 cm³/mol. The lowest BCUT2D eigenvalue weighted by molar-refractivity contribution is 0.0698. The summed E-state index contributed by atoms with van der Waals surface area (Å²) in [5, 5.41) is 10.2. The Labute approximate surface area is 133 Å². The quantitative estimate of drug-likeness (QED) is 0.923. The highest BCUT2D eigenvalue weighted by molar-refractivity contribution is 6.03. The van der Waals surface area contributed by atoms with E-state index in [0.29, 0.717) is 35.0 Å². The lowest BCUT2D eigenvalue weighted by Crippen LogP contribution is -2.25. The Bertz CT molecular complexity index is 788. The van der Waals surface area contributed by atoms with Crippen molar-refractivity contribution in [3.63, 3.8) is 0 Å². The summed E-state index contributed by atoms with van der Waals surface area (Å²) < 4.78 is 6.01. The third kappa shape index (κ3) is 1.89. The molecule has 0 saturated carbocycles. The van der Waals surface area contributed by atoms with Crippen LogP contribution in [0.15, 0.2) is 30.3 Å². The fraction of sp³-hybridized carbons (Fsp3) is 0.444. The van der Waals surface area contributed by atoms with E-state index in [9.17, 15) is 9.90 Å². The summed E-state index contributed by atoms with van der Waals surface area (Å²) in [6.45, 7) is 1.85. The number of nitrogens with zero attached hydrogens (tertiary/aromatic N) is 2. The molecule has 1 aromatic heterocycles. The van der Waals surface area contributed by atoms with Gasteiger partial charge in [-0.15, -0.1) is 0 Å². The van der Waals surface area contributed by atoms with Crippen molar-refractivity contribution in [2.24, 2.45) is 11.8 Å². The van der Waals surface area contributed by atoms with E-state index in [0.717, 1.165) is 24.4 Å². The fourth-order valence-corrected chi connectivity index (χ4v) is 4.65. The van der Waals surface area contributed by atoms with Crippen LogP contribution in [0.1, 0.15) is 23.2 Å². The molecule has 0 aliphatic carbocycles. The van der Waals surface area contributed by atoms with Gasteiger partial charge < -0.3 is 14.7 Å². The van der Waals surface area contributed by atoms with Crippen LogP contribution in [0, 0.1) is 11.8 Å². The molecule has 5 heteroatoms. The minimum Gasteiger partial charge on any atom is -0.478 e. The summed E-state index contributed by atoms with van der Waals surface area (Å²) >= 11 is 0. The van der Waals surface area contributed by atoms with Crippen LogP contribution in [0.4, 0.5) is 5.82 Å². The molecule has 3 fully saturated rings. The van der Waals surface area contributed by atoms with E-state index in [1.165, 1.54) is 12.8 Å². The number of rotatable bonds is 2. The maximum absolute atomic E-state index is 11.6. The molecule has 23 heavy (non-hydrogen) atoms. The van der Waals surface area contributed by atoms with Crippen molar-refractivity contribution >= 4 is 22.7 Å². The Morgan fingerprint density at radius 1 is 1.17 bits per heavy atom. The van der Waals surface area contributed by atoms with Gasteiger partial charge in [0.1, 0.15) is 5.82 Å². The number of pyridine rings is 1. The monoisotopic (exact) mass is 310 g/mol. The molecule has 2 aromatic rings. The normalized spacial score (nSPS) is 31.7. The maximum Gasteiger partial charge on any atom is 0.336 e. The number of carboxylic acids is 1. The minimum atomic E-state index is -0.896. The molecule has 0 spiro atoms. The number of ether oxygens (including phenoxy) is 1. The Morgan fingerprint density at radius 2 is 1.87 bits per heavy atom. The molecule has 3 aliphatic heterocycles. The molecule has 5 rings (SSSR count). The number of aromatic carboxylic acids is 1. The van der Waals surface area contributed by atoms with E-state index in [1.807, 2.05) is 24.3 Å². The SMILES string of the molecule is O=C(O)c1cc(N2C[C@@H]3[C@H](C2)[C@H]2CC[C@@H]3O2)nc2ccccc12. The Morgan fingerprint density at radius 3 is 2.57 bits per heavy atom. The zero-order valence-corrected chi connectivity index (χ0v) is 12.7. The third-order valence-electron chi connectivity index (χ3n) is 5.71.